The number of H-pyrrole nitrogens is 1. The van der Waals surface area contributed by atoms with E-state index < -0.39 is 0 Å². The summed E-state index contributed by atoms with van der Waals surface area (Å²) in [6.07, 6.45) is 3.61. The molecule has 0 bridgehead atoms. The number of halogens is 1. The molecule has 0 atom stereocenters. The van der Waals surface area contributed by atoms with Crippen molar-refractivity contribution in [2.24, 2.45) is 0 Å². The molecule has 0 aliphatic carbocycles. The molecule has 46 valence electrons. The summed E-state index contributed by atoms with van der Waals surface area (Å²) < 4.78 is 2.79. The van der Waals surface area contributed by atoms with Gasteiger partial charge in [0.1, 0.15) is 4.60 Å². The summed E-state index contributed by atoms with van der Waals surface area (Å²) in [5.41, 5.74) is 0.932. The van der Waals surface area contributed by atoms with E-state index in [2.05, 4.69) is 26.0 Å². The van der Waals surface area contributed by atoms with Crippen LogP contribution >= 0.6 is 15.9 Å². The van der Waals surface area contributed by atoms with E-state index in [1.165, 1.54) is 0 Å². The molecule has 0 saturated heterocycles. The first-order valence-electron chi connectivity index (χ1n) is 2.54. The second-order valence-electron chi connectivity index (χ2n) is 1.76. The summed E-state index contributed by atoms with van der Waals surface area (Å²) in [7, 11) is 0. The van der Waals surface area contributed by atoms with Gasteiger partial charge < -0.3 is 0 Å². The van der Waals surface area contributed by atoms with E-state index in [0.29, 0.717) is 0 Å². The lowest BCUT2D eigenvalue weighted by atomic mass is 10.7. The molecule has 0 unspecified atom stereocenters. The normalized spacial score (nSPS) is 10.8. The second-order valence-corrected chi connectivity index (χ2v) is 2.61. The summed E-state index contributed by atoms with van der Waals surface area (Å²) in [6, 6.07) is 1.92. The molecule has 0 fully saturated rings. The molecule has 0 aromatic carbocycles. The molecule has 0 spiro atoms. The van der Waals surface area contributed by atoms with Crippen LogP contribution in [-0.2, 0) is 0 Å². The van der Waals surface area contributed by atoms with Gasteiger partial charge in [0.2, 0.25) is 0 Å². The Kier molecular flexibility index (Phi) is 0.900. The van der Waals surface area contributed by atoms with Gasteiger partial charge in [0.25, 0.3) is 0 Å². The van der Waals surface area contributed by atoms with Gasteiger partial charge in [-0.15, -0.1) is 0 Å². The molecule has 0 amide bonds. The van der Waals surface area contributed by atoms with Gasteiger partial charge in [-0.25, -0.2) is 9.50 Å². The molecule has 1 N–H and O–H groups in total. The first-order chi connectivity index (χ1) is 4.36. The number of nitrogens with one attached hydrogen (secondary N) is 1. The topological polar surface area (TPSA) is 33.1 Å². The van der Waals surface area contributed by atoms with E-state index in [1.54, 1.807) is 6.20 Å². The summed E-state index contributed by atoms with van der Waals surface area (Å²) in [5.74, 6) is 0. The molecule has 0 radical (unpaired) electrons. The highest BCUT2D eigenvalue weighted by atomic mass is 79.9. The SMILES string of the molecule is Brc1cc2nccn2[nH]1. The number of fused-ring (bicyclic) bond motifs is 1. The molecule has 2 rings (SSSR count). The summed E-state index contributed by atoms with van der Waals surface area (Å²) in [6.45, 7) is 0. The molecule has 2 aromatic heterocycles. The maximum atomic E-state index is 4.04. The van der Waals surface area contributed by atoms with E-state index in [0.717, 1.165) is 10.3 Å². The molecule has 2 heterocycles. The van der Waals surface area contributed by atoms with Crippen LogP contribution in [0.3, 0.4) is 0 Å². The number of aromatic amines is 1. The number of imidazole rings is 1. The molecular formula is C5H4BrN3. The summed E-state index contributed by atoms with van der Waals surface area (Å²) in [4.78, 5) is 4.04. The van der Waals surface area contributed by atoms with Gasteiger partial charge >= 0.3 is 0 Å². The zero-order valence-electron chi connectivity index (χ0n) is 4.50. The van der Waals surface area contributed by atoms with E-state index in [-0.39, 0.29) is 0 Å². The highest BCUT2D eigenvalue weighted by molar-refractivity contribution is 9.10. The molecule has 2 aromatic rings. The fourth-order valence-electron chi connectivity index (χ4n) is 0.777. The molecule has 0 aliphatic rings. The van der Waals surface area contributed by atoms with Gasteiger partial charge in [-0.3, -0.25) is 5.10 Å². The minimum absolute atomic E-state index is 0.932. The van der Waals surface area contributed by atoms with Gasteiger partial charge in [0.05, 0.1) is 0 Å². The lowest BCUT2D eigenvalue weighted by Crippen LogP contribution is -1.76. The Labute approximate surface area is 59.8 Å². The lowest BCUT2D eigenvalue weighted by Gasteiger charge is -1.77. The Bertz CT molecular complexity index is 293. The van der Waals surface area contributed by atoms with Gasteiger partial charge in [0.15, 0.2) is 5.65 Å². The van der Waals surface area contributed by atoms with Crippen LogP contribution in [0.15, 0.2) is 23.1 Å². The number of rotatable bonds is 0. The Morgan fingerprint density at radius 1 is 1.67 bits per heavy atom. The van der Waals surface area contributed by atoms with Crippen molar-refractivity contribution in [3.63, 3.8) is 0 Å². The first-order valence-corrected chi connectivity index (χ1v) is 3.33. The van der Waals surface area contributed by atoms with Crippen LogP contribution in [0.5, 0.6) is 0 Å². The zero-order chi connectivity index (χ0) is 6.27. The van der Waals surface area contributed by atoms with Crippen molar-refractivity contribution in [1.82, 2.24) is 14.6 Å². The van der Waals surface area contributed by atoms with Gasteiger partial charge in [-0.1, -0.05) is 0 Å². The second kappa shape index (κ2) is 1.60. The molecule has 4 heteroatoms. The fraction of sp³-hybridized carbons (Fsp3) is 0. The predicted octanol–water partition coefficient (Wildman–Crippen LogP) is 1.42. The van der Waals surface area contributed by atoms with Crippen LogP contribution < -0.4 is 0 Å². The minimum atomic E-state index is 0.932. The van der Waals surface area contributed by atoms with Crippen molar-refractivity contribution < 1.29 is 0 Å². The fourth-order valence-corrected chi connectivity index (χ4v) is 1.17. The van der Waals surface area contributed by atoms with Crippen LogP contribution in [0.1, 0.15) is 0 Å². The summed E-state index contributed by atoms with van der Waals surface area (Å²) in [5, 5.41) is 3.01. The third-order valence-corrected chi connectivity index (χ3v) is 1.56. The van der Waals surface area contributed by atoms with E-state index in [1.807, 2.05) is 16.8 Å². The van der Waals surface area contributed by atoms with Crippen LogP contribution in [0.2, 0.25) is 0 Å². The van der Waals surface area contributed by atoms with Crippen molar-refractivity contribution in [3.8, 4) is 0 Å². The van der Waals surface area contributed by atoms with E-state index in [9.17, 15) is 0 Å². The monoisotopic (exact) mass is 185 g/mol. The van der Waals surface area contributed by atoms with E-state index in [4.69, 9.17) is 0 Å². The number of hydrogen-bond donors (Lipinski definition) is 1. The Balaban J connectivity index is 2.92. The minimum Gasteiger partial charge on any atom is -0.286 e. The predicted molar refractivity (Wildman–Crippen MR) is 37.2 cm³/mol. The maximum absolute atomic E-state index is 4.04. The standard InChI is InChI=1S/C5H4BrN3/c6-4-3-5-7-1-2-9(5)8-4/h1-3,8H. The van der Waals surface area contributed by atoms with Gasteiger partial charge in [0, 0.05) is 18.5 Å². The average molecular weight is 186 g/mol. The Hall–Kier alpha value is -0.770. The number of hydrogen-bond acceptors (Lipinski definition) is 1. The zero-order valence-corrected chi connectivity index (χ0v) is 6.09. The van der Waals surface area contributed by atoms with Crippen LogP contribution in [0.25, 0.3) is 5.65 Å². The molecule has 9 heavy (non-hydrogen) atoms. The van der Waals surface area contributed by atoms with Gasteiger partial charge in [-0.05, 0) is 15.9 Å². The van der Waals surface area contributed by atoms with Gasteiger partial charge in [-0.2, -0.15) is 0 Å². The van der Waals surface area contributed by atoms with Crippen molar-refractivity contribution in [3.05, 3.63) is 23.1 Å². The van der Waals surface area contributed by atoms with Crippen LogP contribution in [-0.4, -0.2) is 14.6 Å². The van der Waals surface area contributed by atoms with Crippen LogP contribution in [0.4, 0.5) is 0 Å². The largest absolute Gasteiger partial charge is 0.286 e. The molecule has 0 saturated carbocycles. The van der Waals surface area contributed by atoms with E-state index >= 15 is 0 Å². The Morgan fingerprint density at radius 2 is 2.56 bits per heavy atom. The molecular weight excluding hydrogens is 182 g/mol. The number of nitrogens with zero attached hydrogens (tertiary/aromatic N) is 2. The van der Waals surface area contributed by atoms with Crippen molar-refractivity contribution in [2.75, 3.05) is 0 Å². The summed E-state index contributed by atoms with van der Waals surface area (Å²) >= 11 is 3.29. The molecule has 0 aliphatic heterocycles. The smallest absolute Gasteiger partial charge is 0.153 e. The highest BCUT2D eigenvalue weighted by Crippen LogP contribution is 2.08. The van der Waals surface area contributed by atoms with Crippen molar-refractivity contribution in [2.45, 2.75) is 0 Å². The van der Waals surface area contributed by atoms with Crippen molar-refractivity contribution in [1.29, 1.82) is 0 Å². The van der Waals surface area contributed by atoms with Crippen molar-refractivity contribution >= 4 is 21.6 Å². The Morgan fingerprint density at radius 3 is 3.33 bits per heavy atom. The average Bonchev–Trinajstić information content (AvgIpc) is 2.22. The third kappa shape index (κ3) is 0.666. The van der Waals surface area contributed by atoms with Crippen LogP contribution in [0, 0.1) is 0 Å². The lowest BCUT2D eigenvalue weighted by molar-refractivity contribution is 0.958. The maximum Gasteiger partial charge on any atom is 0.153 e. The molecule has 3 nitrogen and oxygen atoms in total. The third-order valence-electron chi connectivity index (χ3n) is 1.15. The highest BCUT2D eigenvalue weighted by Gasteiger charge is 1.94. The quantitative estimate of drug-likeness (QED) is 0.663. The number of aromatic nitrogens is 3. The first kappa shape index (κ1) is 5.05.